The highest BCUT2D eigenvalue weighted by atomic mass is 16.6. The first kappa shape index (κ1) is 38.8. The smallest absolute Gasteiger partial charge is 0.408 e. The number of nitrogens with two attached hydrogens (primary N) is 1. The third-order valence-corrected chi connectivity index (χ3v) is 7.38. The Kier molecular flexibility index (Phi) is 13.5. The standard InChI is InChI=1S/C36H52N4O7/c1-11-24(4)40(32(43)27(21-29(37)41)39-34(45)47-36(8,9)10)30(26-18-17-22(2)23(3)19-26)31(42)38-28(33(44)46-35(5,6)7)20-25-15-13-12-14-16-25/h12-19,24,27-28,30H,11,20-21H2,1-10H3,(H2,37,41)(H,38,42)(H,39,45). The van der Waals surface area contributed by atoms with Gasteiger partial charge in [0, 0.05) is 12.5 Å². The number of carbonyl (C=O) groups is 5. The fraction of sp³-hybridized carbons (Fsp3) is 0.528. The van der Waals surface area contributed by atoms with E-state index in [2.05, 4.69) is 10.6 Å². The number of aryl methyl sites for hydroxylation is 2. The lowest BCUT2D eigenvalue weighted by Crippen LogP contribution is -2.57. The van der Waals surface area contributed by atoms with Crippen LogP contribution < -0.4 is 16.4 Å². The zero-order valence-electron chi connectivity index (χ0n) is 29.4. The molecule has 47 heavy (non-hydrogen) atoms. The molecule has 0 radical (unpaired) electrons. The number of esters is 1. The van der Waals surface area contributed by atoms with Gasteiger partial charge >= 0.3 is 12.1 Å². The van der Waals surface area contributed by atoms with Crippen LogP contribution in [0.15, 0.2) is 48.5 Å². The lowest BCUT2D eigenvalue weighted by molar-refractivity contribution is -0.159. The minimum Gasteiger partial charge on any atom is -0.458 e. The molecular formula is C36H52N4O7. The molecule has 4 amide bonds. The van der Waals surface area contributed by atoms with E-state index in [1.165, 1.54) is 4.90 Å². The molecule has 0 aromatic heterocycles. The Morgan fingerprint density at radius 3 is 1.94 bits per heavy atom. The Balaban J connectivity index is 2.68. The molecule has 258 valence electrons. The van der Waals surface area contributed by atoms with Crippen molar-refractivity contribution in [3.05, 3.63) is 70.8 Å². The van der Waals surface area contributed by atoms with Crippen molar-refractivity contribution in [1.29, 1.82) is 0 Å². The van der Waals surface area contributed by atoms with Crippen LogP contribution in [0.25, 0.3) is 0 Å². The molecule has 0 heterocycles. The molecule has 0 bridgehead atoms. The molecule has 0 aliphatic carbocycles. The lowest BCUT2D eigenvalue weighted by Gasteiger charge is -2.38. The van der Waals surface area contributed by atoms with E-state index >= 15 is 0 Å². The highest BCUT2D eigenvalue weighted by Gasteiger charge is 2.40. The van der Waals surface area contributed by atoms with Gasteiger partial charge in [-0.05, 0) is 91.0 Å². The van der Waals surface area contributed by atoms with E-state index in [0.29, 0.717) is 12.0 Å². The number of carbonyl (C=O) groups excluding carboxylic acids is 5. The third-order valence-electron chi connectivity index (χ3n) is 7.38. The molecule has 4 unspecified atom stereocenters. The van der Waals surface area contributed by atoms with Crippen molar-refractivity contribution in [1.82, 2.24) is 15.5 Å². The topological polar surface area (TPSA) is 157 Å². The minimum atomic E-state index is -1.43. The number of benzene rings is 2. The molecule has 11 nitrogen and oxygen atoms in total. The van der Waals surface area contributed by atoms with Crippen molar-refractivity contribution < 1.29 is 33.4 Å². The highest BCUT2D eigenvalue weighted by Crippen LogP contribution is 2.29. The lowest BCUT2D eigenvalue weighted by atomic mass is 9.95. The predicted octanol–water partition coefficient (Wildman–Crippen LogP) is 4.81. The van der Waals surface area contributed by atoms with Gasteiger partial charge in [0.25, 0.3) is 0 Å². The number of nitrogens with one attached hydrogen (secondary N) is 2. The van der Waals surface area contributed by atoms with Crippen molar-refractivity contribution in [2.75, 3.05) is 0 Å². The summed E-state index contributed by atoms with van der Waals surface area (Å²) in [5.74, 6) is -2.81. The minimum absolute atomic E-state index is 0.142. The Labute approximate surface area is 278 Å². The number of amides is 4. The maximum Gasteiger partial charge on any atom is 0.408 e. The van der Waals surface area contributed by atoms with Crippen molar-refractivity contribution >= 4 is 29.8 Å². The van der Waals surface area contributed by atoms with Gasteiger partial charge in [0.05, 0.1) is 6.42 Å². The van der Waals surface area contributed by atoms with Gasteiger partial charge < -0.3 is 30.7 Å². The molecule has 4 atom stereocenters. The van der Waals surface area contributed by atoms with Crippen molar-refractivity contribution in [3.8, 4) is 0 Å². The van der Waals surface area contributed by atoms with Gasteiger partial charge in [-0.3, -0.25) is 14.4 Å². The van der Waals surface area contributed by atoms with Gasteiger partial charge in [0.2, 0.25) is 17.7 Å². The number of primary amides is 1. The first-order valence-electron chi connectivity index (χ1n) is 16.0. The first-order chi connectivity index (χ1) is 21.7. The summed E-state index contributed by atoms with van der Waals surface area (Å²) in [6.45, 7) is 17.7. The summed E-state index contributed by atoms with van der Waals surface area (Å²) in [6.07, 6.45) is -0.875. The van der Waals surface area contributed by atoms with E-state index in [1.807, 2.05) is 63.2 Å². The molecule has 11 heteroatoms. The van der Waals surface area contributed by atoms with Crippen molar-refractivity contribution in [3.63, 3.8) is 0 Å². The fourth-order valence-corrected chi connectivity index (χ4v) is 4.87. The maximum absolute atomic E-state index is 14.5. The molecular weight excluding hydrogens is 600 g/mol. The van der Waals surface area contributed by atoms with Crippen LogP contribution in [0.4, 0.5) is 4.79 Å². The average molecular weight is 653 g/mol. The van der Waals surface area contributed by atoms with E-state index < -0.39 is 71.6 Å². The second kappa shape index (κ2) is 16.4. The van der Waals surface area contributed by atoms with Crippen LogP contribution in [0.5, 0.6) is 0 Å². The van der Waals surface area contributed by atoms with Gasteiger partial charge in [-0.1, -0.05) is 55.5 Å². The van der Waals surface area contributed by atoms with Gasteiger partial charge in [-0.15, -0.1) is 0 Å². The van der Waals surface area contributed by atoms with E-state index in [4.69, 9.17) is 15.2 Å². The zero-order valence-corrected chi connectivity index (χ0v) is 29.4. The Morgan fingerprint density at radius 2 is 1.43 bits per heavy atom. The van der Waals surface area contributed by atoms with Crippen LogP contribution >= 0.6 is 0 Å². The molecule has 0 aliphatic heterocycles. The maximum atomic E-state index is 14.5. The second-order valence-electron chi connectivity index (χ2n) is 13.9. The number of alkyl carbamates (subject to hydrolysis) is 1. The summed E-state index contributed by atoms with van der Waals surface area (Å²) in [5.41, 5.74) is 6.95. The number of nitrogens with zero attached hydrogens (tertiary/aromatic N) is 1. The molecule has 2 aromatic rings. The number of hydrogen-bond donors (Lipinski definition) is 3. The Bertz CT molecular complexity index is 1410. The van der Waals surface area contributed by atoms with Gasteiger partial charge in [-0.25, -0.2) is 9.59 Å². The molecule has 2 aromatic carbocycles. The molecule has 4 N–H and O–H groups in total. The van der Waals surface area contributed by atoms with Gasteiger partial charge in [0.15, 0.2) is 0 Å². The number of hydrogen-bond acceptors (Lipinski definition) is 7. The predicted molar refractivity (Wildman–Crippen MR) is 180 cm³/mol. The summed E-state index contributed by atoms with van der Waals surface area (Å²) in [5, 5.41) is 5.36. The van der Waals surface area contributed by atoms with Crippen molar-refractivity contribution in [2.45, 2.75) is 124 Å². The third kappa shape index (κ3) is 12.4. The van der Waals surface area contributed by atoms with Crippen LogP contribution in [-0.2, 0) is 35.1 Å². The first-order valence-corrected chi connectivity index (χ1v) is 16.0. The van der Waals surface area contributed by atoms with E-state index in [0.717, 1.165) is 16.7 Å². The van der Waals surface area contributed by atoms with Gasteiger partial charge in [-0.2, -0.15) is 0 Å². The van der Waals surface area contributed by atoms with Crippen LogP contribution in [0, 0.1) is 13.8 Å². The normalized spacial score (nSPS) is 14.2. The van der Waals surface area contributed by atoms with E-state index in [-0.39, 0.29) is 6.42 Å². The fourth-order valence-electron chi connectivity index (χ4n) is 4.87. The van der Waals surface area contributed by atoms with E-state index in [1.54, 1.807) is 54.5 Å². The van der Waals surface area contributed by atoms with Crippen LogP contribution in [0.2, 0.25) is 0 Å². The Hall–Kier alpha value is -4.41. The molecule has 2 rings (SSSR count). The molecule has 0 saturated carbocycles. The number of rotatable bonds is 13. The molecule has 0 aliphatic rings. The molecule has 0 spiro atoms. The summed E-state index contributed by atoms with van der Waals surface area (Å²) in [6, 6.07) is 10.3. The zero-order chi connectivity index (χ0) is 35.7. The van der Waals surface area contributed by atoms with Crippen LogP contribution in [-0.4, -0.2) is 64.0 Å². The second-order valence-corrected chi connectivity index (χ2v) is 13.9. The quantitative estimate of drug-likeness (QED) is 0.262. The SMILES string of the molecule is CCC(C)N(C(=O)C(CC(N)=O)NC(=O)OC(C)(C)C)C(C(=O)NC(Cc1ccccc1)C(=O)OC(C)(C)C)c1ccc(C)c(C)c1. The Morgan fingerprint density at radius 1 is 0.830 bits per heavy atom. The van der Waals surface area contributed by atoms with Crippen molar-refractivity contribution in [2.24, 2.45) is 5.73 Å². The molecule has 0 saturated heterocycles. The summed E-state index contributed by atoms with van der Waals surface area (Å²) >= 11 is 0. The summed E-state index contributed by atoms with van der Waals surface area (Å²) in [7, 11) is 0. The summed E-state index contributed by atoms with van der Waals surface area (Å²) in [4.78, 5) is 68.7. The summed E-state index contributed by atoms with van der Waals surface area (Å²) < 4.78 is 11.0. The average Bonchev–Trinajstić information content (AvgIpc) is 2.94. The van der Waals surface area contributed by atoms with Crippen LogP contribution in [0.1, 0.15) is 96.5 Å². The largest absolute Gasteiger partial charge is 0.458 e. The van der Waals surface area contributed by atoms with E-state index in [9.17, 15) is 24.0 Å². The highest BCUT2D eigenvalue weighted by molar-refractivity contribution is 5.96. The van der Waals surface area contributed by atoms with Crippen LogP contribution in [0.3, 0.4) is 0 Å². The number of ether oxygens (including phenoxy) is 2. The van der Waals surface area contributed by atoms with Gasteiger partial charge in [0.1, 0.15) is 29.3 Å². The monoisotopic (exact) mass is 652 g/mol. The molecule has 0 fully saturated rings.